The maximum atomic E-state index is 11.4. The lowest BCUT2D eigenvalue weighted by Crippen LogP contribution is -2.21. The quantitative estimate of drug-likeness (QED) is 0.799. The van der Waals surface area contributed by atoms with Gasteiger partial charge in [0.15, 0.2) is 0 Å². The first-order chi connectivity index (χ1) is 7.61. The second-order valence-electron chi connectivity index (χ2n) is 4.40. The van der Waals surface area contributed by atoms with Crippen molar-refractivity contribution in [3.05, 3.63) is 28.8 Å². The summed E-state index contributed by atoms with van der Waals surface area (Å²) in [4.78, 5) is 11.4. The van der Waals surface area contributed by atoms with E-state index in [0.717, 1.165) is 24.1 Å². The molecule has 0 aromatic heterocycles. The van der Waals surface area contributed by atoms with Crippen molar-refractivity contribution in [3.8, 4) is 0 Å². The molecule has 1 heterocycles. The summed E-state index contributed by atoms with van der Waals surface area (Å²) in [6.07, 6.45) is 2.33. The lowest BCUT2D eigenvalue weighted by atomic mass is 9.93. The lowest BCUT2D eigenvalue weighted by molar-refractivity contribution is -0.116. The molecule has 0 spiro atoms. The van der Waals surface area contributed by atoms with Crippen molar-refractivity contribution in [1.82, 2.24) is 0 Å². The van der Waals surface area contributed by atoms with E-state index in [-0.39, 0.29) is 11.9 Å². The molecule has 16 heavy (non-hydrogen) atoms. The lowest BCUT2D eigenvalue weighted by Gasteiger charge is -2.22. The van der Waals surface area contributed by atoms with Crippen LogP contribution in [0.4, 0.5) is 5.69 Å². The molecule has 1 unspecified atom stereocenters. The van der Waals surface area contributed by atoms with Crippen LogP contribution in [-0.2, 0) is 17.6 Å². The number of nitrogens with two attached hydrogens (primary N) is 1. The Kier molecular flexibility index (Phi) is 2.97. The maximum absolute atomic E-state index is 11.4. The van der Waals surface area contributed by atoms with E-state index < -0.39 is 0 Å². The molecule has 2 rings (SSSR count). The first-order valence-electron chi connectivity index (χ1n) is 5.83. The predicted molar refractivity (Wildman–Crippen MR) is 65.4 cm³/mol. The van der Waals surface area contributed by atoms with Crippen LogP contribution >= 0.6 is 0 Å². The Hall–Kier alpha value is -1.35. The van der Waals surface area contributed by atoms with Crippen molar-refractivity contribution in [2.75, 3.05) is 5.32 Å². The summed E-state index contributed by atoms with van der Waals surface area (Å²) in [5.41, 5.74) is 10.5. The van der Waals surface area contributed by atoms with Gasteiger partial charge in [0.2, 0.25) is 5.91 Å². The van der Waals surface area contributed by atoms with E-state index in [1.165, 1.54) is 11.1 Å². The Labute approximate surface area is 96.0 Å². The number of aryl methyl sites for hydroxylation is 2. The molecule has 3 nitrogen and oxygen atoms in total. The van der Waals surface area contributed by atoms with Crippen molar-refractivity contribution >= 4 is 11.6 Å². The molecule has 1 amide bonds. The van der Waals surface area contributed by atoms with Gasteiger partial charge in [0, 0.05) is 18.2 Å². The number of fused-ring (bicyclic) bond motifs is 1. The fraction of sp³-hybridized carbons (Fsp3) is 0.462. The monoisotopic (exact) mass is 218 g/mol. The molecule has 3 heteroatoms. The molecule has 0 fully saturated rings. The zero-order valence-electron chi connectivity index (χ0n) is 9.84. The molecule has 0 aliphatic carbocycles. The third-order valence-corrected chi connectivity index (χ3v) is 3.12. The van der Waals surface area contributed by atoms with Gasteiger partial charge in [-0.05, 0) is 36.5 Å². The van der Waals surface area contributed by atoms with Crippen LogP contribution in [0.25, 0.3) is 0 Å². The Balaban J connectivity index is 2.50. The number of carbonyl (C=O) groups is 1. The van der Waals surface area contributed by atoms with Gasteiger partial charge in [0.1, 0.15) is 0 Å². The fourth-order valence-electron chi connectivity index (χ4n) is 2.14. The molecule has 1 aliphatic rings. The number of hydrogen-bond donors (Lipinski definition) is 2. The van der Waals surface area contributed by atoms with Crippen LogP contribution in [-0.4, -0.2) is 5.91 Å². The summed E-state index contributed by atoms with van der Waals surface area (Å²) in [6.45, 7) is 4.09. The summed E-state index contributed by atoms with van der Waals surface area (Å²) >= 11 is 0. The van der Waals surface area contributed by atoms with Gasteiger partial charge < -0.3 is 11.1 Å². The van der Waals surface area contributed by atoms with Crippen LogP contribution in [0.15, 0.2) is 12.1 Å². The number of amides is 1. The SMILES string of the molecule is CCc1cc(C(C)N)cc2c1NC(=O)CC2. The van der Waals surface area contributed by atoms with E-state index in [1.54, 1.807) is 0 Å². The molecule has 0 saturated carbocycles. The van der Waals surface area contributed by atoms with Crippen LogP contribution in [0.1, 0.15) is 43.0 Å². The Morgan fingerprint density at radius 3 is 2.81 bits per heavy atom. The zero-order valence-corrected chi connectivity index (χ0v) is 9.84. The van der Waals surface area contributed by atoms with Gasteiger partial charge >= 0.3 is 0 Å². The van der Waals surface area contributed by atoms with Gasteiger partial charge in [-0.25, -0.2) is 0 Å². The van der Waals surface area contributed by atoms with Crippen molar-refractivity contribution < 1.29 is 4.79 Å². The van der Waals surface area contributed by atoms with Gasteiger partial charge in [0.05, 0.1) is 0 Å². The largest absolute Gasteiger partial charge is 0.326 e. The Morgan fingerprint density at radius 2 is 2.19 bits per heavy atom. The van der Waals surface area contributed by atoms with E-state index in [1.807, 2.05) is 6.92 Å². The van der Waals surface area contributed by atoms with Gasteiger partial charge in [-0.1, -0.05) is 19.1 Å². The second-order valence-corrected chi connectivity index (χ2v) is 4.40. The molecule has 0 radical (unpaired) electrons. The molecule has 0 saturated heterocycles. The molecule has 1 atom stereocenters. The summed E-state index contributed by atoms with van der Waals surface area (Å²) in [6, 6.07) is 4.28. The van der Waals surface area contributed by atoms with Crippen LogP contribution in [0.3, 0.4) is 0 Å². The normalized spacial score (nSPS) is 16.6. The molecular formula is C13H18N2O. The number of hydrogen-bond acceptors (Lipinski definition) is 2. The molecule has 3 N–H and O–H groups in total. The van der Waals surface area contributed by atoms with E-state index >= 15 is 0 Å². The Bertz CT molecular complexity index is 407. The first-order valence-corrected chi connectivity index (χ1v) is 5.83. The summed E-state index contributed by atoms with van der Waals surface area (Å²) in [5.74, 6) is 0.121. The van der Waals surface area contributed by atoms with Crippen molar-refractivity contribution in [2.24, 2.45) is 5.73 Å². The minimum atomic E-state index is 0.0493. The van der Waals surface area contributed by atoms with E-state index in [9.17, 15) is 4.79 Å². The topological polar surface area (TPSA) is 55.1 Å². The average molecular weight is 218 g/mol. The molecule has 86 valence electrons. The minimum Gasteiger partial charge on any atom is -0.326 e. The number of benzene rings is 1. The summed E-state index contributed by atoms with van der Waals surface area (Å²) < 4.78 is 0. The molecular weight excluding hydrogens is 200 g/mol. The standard InChI is InChI=1S/C13H18N2O/c1-3-9-6-11(8(2)14)7-10-4-5-12(16)15-13(9)10/h6-8H,3-5,14H2,1-2H3,(H,15,16). The number of carbonyl (C=O) groups excluding carboxylic acids is 1. The highest BCUT2D eigenvalue weighted by Gasteiger charge is 2.18. The van der Waals surface area contributed by atoms with Crippen molar-refractivity contribution in [2.45, 2.75) is 39.2 Å². The van der Waals surface area contributed by atoms with Crippen molar-refractivity contribution in [3.63, 3.8) is 0 Å². The van der Waals surface area contributed by atoms with Crippen LogP contribution < -0.4 is 11.1 Å². The zero-order chi connectivity index (χ0) is 11.7. The molecule has 1 aliphatic heterocycles. The maximum Gasteiger partial charge on any atom is 0.224 e. The Morgan fingerprint density at radius 1 is 1.44 bits per heavy atom. The number of anilines is 1. The highest BCUT2D eigenvalue weighted by Crippen LogP contribution is 2.30. The van der Waals surface area contributed by atoms with E-state index in [0.29, 0.717) is 6.42 Å². The minimum absolute atomic E-state index is 0.0493. The fourth-order valence-corrected chi connectivity index (χ4v) is 2.14. The van der Waals surface area contributed by atoms with E-state index in [4.69, 9.17) is 5.73 Å². The number of rotatable bonds is 2. The highest BCUT2D eigenvalue weighted by atomic mass is 16.1. The third kappa shape index (κ3) is 1.95. The van der Waals surface area contributed by atoms with Gasteiger partial charge in [-0.2, -0.15) is 0 Å². The highest BCUT2D eigenvalue weighted by molar-refractivity contribution is 5.94. The average Bonchev–Trinajstić information content (AvgIpc) is 2.27. The number of nitrogens with one attached hydrogen (secondary N) is 1. The van der Waals surface area contributed by atoms with Crippen LogP contribution in [0.2, 0.25) is 0 Å². The first kappa shape index (κ1) is 11.1. The summed E-state index contributed by atoms with van der Waals surface area (Å²) in [7, 11) is 0. The molecule has 0 bridgehead atoms. The summed E-state index contributed by atoms with van der Waals surface area (Å²) in [5, 5.41) is 2.97. The van der Waals surface area contributed by atoms with Gasteiger partial charge in [0.25, 0.3) is 0 Å². The van der Waals surface area contributed by atoms with Gasteiger partial charge in [-0.15, -0.1) is 0 Å². The molecule has 1 aromatic carbocycles. The second kappa shape index (κ2) is 4.26. The van der Waals surface area contributed by atoms with E-state index in [2.05, 4.69) is 24.4 Å². The smallest absolute Gasteiger partial charge is 0.224 e. The van der Waals surface area contributed by atoms with Crippen molar-refractivity contribution in [1.29, 1.82) is 0 Å². The predicted octanol–water partition coefficient (Wildman–Crippen LogP) is 2.15. The van der Waals surface area contributed by atoms with Gasteiger partial charge in [-0.3, -0.25) is 4.79 Å². The van der Waals surface area contributed by atoms with Crippen LogP contribution in [0.5, 0.6) is 0 Å². The van der Waals surface area contributed by atoms with Crippen LogP contribution in [0, 0.1) is 0 Å². The third-order valence-electron chi connectivity index (χ3n) is 3.12. The molecule has 1 aromatic rings.